The van der Waals surface area contributed by atoms with Crippen molar-refractivity contribution in [2.45, 2.75) is 53.4 Å². The molecule has 80 valence electrons. The first-order valence-corrected chi connectivity index (χ1v) is 5.80. The van der Waals surface area contributed by atoms with E-state index in [1.807, 2.05) is 0 Å². The maximum absolute atomic E-state index is 2.23. The second-order valence-electron chi connectivity index (χ2n) is 3.74. The van der Waals surface area contributed by atoms with Crippen LogP contribution in [0, 0.1) is 6.92 Å². The van der Waals surface area contributed by atoms with Crippen LogP contribution in [0.25, 0.3) is 0 Å². The first kappa shape index (κ1) is 13.2. The molecule has 0 bridgehead atoms. The van der Waals surface area contributed by atoms with Gasteiger partial charge in [0.2, 0.25) is 0 Å². The lowest BCUT2D eigenvalue weighted by atomic mass is 10.0. The fourth-order valence-electron chi connectivity index (χ4n) is 1.26. The maximum atomic E-state index is 2.23. The van der Waals surface area contributed by atoms with E-state index in [1.165, 1.54) is 36.8 Å². The van der Waals surface area contributed by atoms with Crippen molar-refractivity contribution in [2.24, 2.45) is 0 Å². The van der Waals surface area contributed by atoms with Crippen molar-refractivity contribution in [3.05, 3.63) is 35.4 Å². The zero-order valence-electron chi connectivity index (χ0n) is 10.1. The van der Waals surface area contributed by atoms with Gasteiger partial charge in [0, 0.05) is 0 Å². The number of hydrogen-bond donors (Lipinski definition) is 0. The van der Waals surface area contributed by atoms with Crippen LogP contribution in [-0.4, -0.2) is 0 Å². The smallest absolute Gasteiger partial charge is 0.0276 e. The molecule has 1 rings (SSSR count). The minimum Gasteiger partial charge on any atom is -0.0656 e. The van der Waals surface area contributed by atoms with Crippen LogP contribution >= 0.6 is 0 Å². The Balaban J connectivity index is 0.000000500. The average molecular weight is 192 g/mol. The van der Waals surface area contributed by atoms with Gasteiger partial charge in [-0.25, -0.2) is 0 Å². The average Bonchev–Trinajstić information content (AvgIpc) is 2.18. The van der Waals surface area contributed by atoms with E-state index in [0.29, 0.717) is 0 Å². The largest absolute Gasteiger partial charge is 0.0656 e. The molecule has 0 aliphatic carbocycles. The van der Waals surface area contributed by atoms with E-state index < -0.39 is 0 Å². The Morgan fingerprint density at radius 1 is 1.00 bits per heavy atom. The van der Waals surface area contributed by atoms with E-state index in [1.54, 1.807) is 0 Å². The normalized spacial score (nSPS) is 9.14. The molecular formula is C14H24. The molecule has 0 aliphatic heterocycles. The van der Waals surface area contributed by atoms with Gasteiger partial charge in [-0.15, -0.1) is 0 Å². The van der Waals surface area contributed by atoms with Gasteiger partial charge in [0.1, 0.15) is 0 Å². The molecule has 0 atom stereocenters. The third-order valence-electron chi connectivity index (χ3n) is 2.06. The van der Waals surface area contributed by atoms with Gasteiger partial charge in [0.15, 0.2) is 0 Å². The summed E-state index contributed by atoms with van der Waals surface area (Å²) in [5.74, 6) is 0. The summed E-state index contributed by atoms with van der Waals surface area (Å²) in [4.78, 5) is 0. The van der Waals surface area contributed by atoms with Crippen LogP contribution in [-0.2, 0) is 6.42 Å². The van der Waals surface area contributed by atoms with Gasteiger partial charge in [-0.05, 0) is 30.9 Å². The van der Waals surface area contributed by atoms with Crippen LogP contribution in [0.1, 0.15) is 51.2 Å². The van der Waals surface area contributed by atoms with E-state index >= 15 is 0 Å². The second-order valence-corrected chi connectivity index (χ2v) is 3.74. The highest BCUT2D eigenvalue weighted by molar-refractivity contribution is 5.25. The van der Waals surface area contributed by atoms with Crippen LogP contribution in [0.3, 0.4) is 0 Å². The molecule has 0 saturated carbocycles. The molecule has 0 saturated heterocycles. The van der Waals surface area contributed by atoms with Gasteiger partial charge < -0.3 is 0 Å². The third-order valence-corrected chi connectivity index (χ3v) is 2.06. The maximum Gasteiger partial charge on any atom is -0.0276 e. The highest BCUT2D eigenvalue weighted by Gasteiger charge is 1.94. The second kappa shape index (κ2) is 8.80. The summed E-state index contributed by atoms with van der Waals surface area (Å²) in [6.45, 7) is 8.67. The molecule has 0 unspecified atom stereocenters. The fraction of sp³-hybridized carbons (Fsp3) is 0.571. The van der Waals surface area contributed by atoms with Crippen LogP contribution in [0.15, 0.2) is 24.3 Å². The summed E-state index contributed by atoms with van der Waals surface area (Å²) in [5, 5.41) is 0. The van der Waals surface area contributed by atoms with Gasteiger partial charge in [-0.2, -0.15) is 0 Å². The third kappa shape index (κ3) is 5.80. The van der Waals surface area contributed by atoms with Gasteiger partial charge in [0.05, 0.1) is 0 Å². The molecule has 0 nitrogen and oxygen atoms in total. The quantitative estimate of drug-likeness (QED) is 0.648. The summed E-state index contributed by atoms with van der Waals surface area (Å²) in [6, 6.07) is 8.64. The van der Waals surface area contributed by atoms with Crippen molar-refractivity contribution in [2.75, 3.05) is 0 Å². The molecular weight excluding hydrogens is 168 g/mol. The highest BCUT2D eigenvalue weighted by atomic mass is 14.0. The van der Waals surface area contributed by atoms with Crippen molar-refractivity contribution >= 4 is 0 Å². The monoisotopic (exact) mass is 192 g/mol. The number of benzene rings is 1. The molecule has 0 heteroatoms. The molecule has 0 radical (unpaired) electrons. The van der Waals surface area contributed by atoms with E-state index in [4.69, 9.17) is 0 Å². The molecule has 0 heterocycles. The fourth-order valence-corrected chi connectivity index (χ4v) is 1.26. The summed E-state index contributed by atoms with van der Waals surface area (Å²) < 4.78 is 0. The summed E-state index contributed by atoms with van der Waals surface area (Å²) in [5.41, 5.74) is 2.94. The summed E-state index contributed by atoms with van der Waals surface area (Å²) in [6.07, 6.45) is 5.09. The van der Waals surface area contributed by atoms with Crippen LogP contribution < -0.4 is 0 Å². The first-order valence-electron chi connectivity index (χ1n) is 5.80. The lowest BCUT2D eigenvalue weighted by molar-refractivity contribution is 0.791. The summed E-state index contributed by atoms with van der Waals surface area (Å²) >= 11 is 0. The molecule has 0 fully saturated rings. The molecule has 0 spiro atoms. The Kier molecular flexibility index (Phi) is 8.31. The SMILES string of the molecule is CCC.CCCCc1ccccc1C. The zero-order valence-corrected chi connectivity index (χ0v) is 10.1. The predicted octanol–water partition coefficient (Wildman–Crippen LogP) is 4.75. The standard InChI is InChI=1S/C11H16.C3H8/c1-3-4-8-11-9-6-5-7-10(11)2;1-3-2/h5-7,9H,3-4,8H2,1-2H3;3H2,1-2H3. The Morgan fingerprint density at radius 3 is 2.07 bits per heavy atom. The molecule has 0 aliphatic rings. The van der Waals surface area contributed by atoms with Crippen molar-refractivity contribution in [1.29, 1.82) is 0 Å². The lowest BCUT2D eigenvalue weighted by Gasteiger charge is -2.02. The number of hydrogen-bond acceptors (Lipinski definition) is 0. The van der Waals surface area contributed by atoms with Gasteiger partial charge >= 0.3 is 0 Å². The topological polar surface area (TPSA) is 0 Å². The number of rotatable bonds is 3. The number of unbranched alkanes of at least 4 members (excludes halogenated alkanes) is 1. The minimum atomic E-state index is 1.24. The lowest BCUT2D eigenvalue weighted by Crippen LogP contribution is -1.87. The molecule has 0 aromatic heterocycles. The molecule has 1 aromatic rings. The molecule has 14 heavy (non-hydrogen) atoms. The van der Waals surface area contributed by atoms with Gasteiger partial charge in [0.25, 0.3) is 0 Å². The van der Waals surface area contributed by atoms with Crippen molar-refractivity contribution in [1.82, 2.24) is 0 Å². The van der Waals surface area contributed by atoms with Crippen molar-refractivity contribution in [3.8, 4) is 0 Å². The van der Waals surface area contributed by atoms with E-state index in [0.717, 1.165) is 0 Å². The Hall–Kier alpha value is -0.780. The molecule has 0 N–H and O–H groups in total. The van der Waals surface area contributed by atoms with Crippen LogP contribution in [0.5, 0.6) is 0 Å². The van der Waals surface area contributed by atoms with Gasteiger partial charge in [-0.3, -0.25) is 0 Å². The predicted molar refractivity (Wildman–Crippen MR) is 65.8 cm³/mol. The Morgan fingerprint density at radius 2 is 1.57 bits per heavy atom. The van der Waals surface area contributed by atoms with Crippen LogP contribution in [0.4, 0.5) is 0 Å². The first-order chi connectivity index (χ1) is 6.76. The van der Waals surface area contributed by atoms with E-state index in [-0.39, 0.29) is 0 Å². The molecule has 0 amide bonds. The number of aryl methyl sites for hydroxylation is 2. The minimum absolute atomic E-state index is 1.24. The Labute approximate surface area is 89.4 Å². The van der Waals surface area contributed by atoms with E-state index in [2.05, 4.69) is 52.0 Å². The Bertz CT molecular complexity index is 225. The summed E-state index contributed by atoms with van der Waals surface area (Å²) in [7, 11) is 0. The molecule has 1 aromatic carbocycles. The van der Waals surface area contributed by atoms with Crippen LogP contribution in [0.2, 0.25) is 0 Å². The van der Waals surface area contributed by atoms with E-state index in [9.17, 15) is 0 Å². The van der Waals surface area contributed by atoms with Gasteiger partial charge in [-0.1, -0.05) is 57.9 Å². The van der Waals surface area contributed by atoms with Crippen molar-refractivity contribution in [3.63, 3.8) is 0 Å². The zero-order chi connectivity index (χ0) is 10.8. The van der Waals surface area contributed by atoms with Crippen molar-refractivity contribution < 1.29 is 0 Å². The highest BCUT2D eigenvalue weighted by Crippen LogP contribution is 2.09.